The Kier molecular flexibility index (Phi) is 5.94. The molecule has 9 heteroatoms. The molecule has 1 aromatic heterocycles. The molecule has 6 nitrogen and oxygen atoms in total. The van der Waals surface area contributed by atoms with Gasteiger partial charge >= 0.3 is 11.9 Å². The van der Waals surface area contributed by atoms with Gasteiger partial charge in [-0.05, 0) is 61.6 Å². The van der Waals surface area contributed by atoms with Gasteiger partial charge in [0.2, 0.25) is 0 Å². The fourth-order valence-electron chi connectivity index (χ4n) is 4.44. The first-order chi connectivity index (χ1) is 15.2. The molecular formula is C23H25F3N2O4. The van der Waals surface area contributed by atoms with E-state index < -0.39 is 17.8 Å². The predicted molar refractivity (Wildman–Crippen MR) is 113 cm³/mol. The van der Waals surface area contributed by atoms with Gasteiger partial charge in [0.25, 0.3) is 0 Å². The standard InChI is InChI=1S/C23H25F3N2O4/c1-31-20-10-3-14(11-21(20)32-2)13-27-19-12-15(23(24,25)26)4-9-18(19)28(22(27)30)16-5-7-17(29)8-6-16/h3-4,9-12,16-17,29H,5-8,13H2,1-2H3/t16-,17-. The molecule has 0 spiro atoms. The van der Waals surface area contributed by atoms with Crippen LogP contribution in [0.1, 0.15) is 42.9 Å². The van der Waals surface area contributed by atoms with Crippen molar-refractivity contribution in [3.8, 4) is 11.5 Å². The van der Waals surface area contributed by atoms with Crippen LogP contribution in [0.3, 0.4) is 0 Å². The number of aliphatic hydroxyl groups is 1. The molecule has 1 aliphatic rings. The highest BCUT2D eigenvalue weighted by atomic mass is 19.4. The first-order valence-electron chi connectivity index (χ1n) is 10.4. The van der Waals surface area contributed by atoms with Crippen molar-refractivity contribution in [2.24, 2.45) is 0 Å². The number of rotatable bonds is 5. The lowest BCUT2D eigenvalue weighted by atomic mass is 9.93. The lowest BCUT2D eigenvalue weighted by molar-refractivity contribution is -0.137. The lowest BCUT2D eigenvalue weighted by Gasteiger charge is -2.26. The monoisotopic (exact) mass is 450 g/mol. The van der Waals surface area contributed by atoms with Crippen LogP contribution in [0.25, 0.3) is 11.0 Å². The van der Waals surface area contributed by atoms with Gasteiger partial charge in [0.15, 0.2) is 11.5 Å². The Morgan fingerprint density at radius 1 is 0.969 bits per heavy atom. The molecule has 172 valence electrons. The van der Waals surface area contributed by atoms with Crippen molar-refractivity contribution in [3.05, 3.63) is 58.0 Å². The Morgan fingerprint density at radius 2 is 1.66 bits per heavy atom. The van der Waals surface area contributed by atoms with Gasteiger partial charge in [-0.1, -0.05) is 6.07 Å². The second-order valence-electron chi connectivity index (χ2n) is 8.09. The molecular weight excluding hydrogens is 425 g/mol. The maximum absolute atomic E-state index is 13.4. The molecule has 0 saturated heterocycles. The molecule has 1 heterocycles. The molecule has 32 heavy (non-hydrogen) atoms. The van der Waals surface area contributed by atoms with Crippen molar-refractivity contribution in [3.63, 3.8) is 0 Å². The number of methoxy groups -OCH3 is 2. The molecule has 0 bridgehead atoms. The third-order valence-electron chi connectivity index (χ3n) is 6.11. The number of aromatic nitrogens is 2. The minimum Gasteiger partial charge on any atom is -0.493 e. The fraction of sp³-hybridized carbons (Fsp3) is 0.435. The summed E-state index contributed by atoms with van der Waals surface area (Å²) in [4.78, 5) is 13.4. The summed E-state index contributed by atoms with van der Waals surface area (Å²) < 4.78 is 53.7. The Labute approximate surface area is 182 Å². The van der Waals surface area contributed by atoms with Crippen LogP contribution >= 0.6 is 0 Å². The molecule has 3 aromatic rings. The number of ether oxygens (including phenoxy) is 2. The Bertz CT molecular complexity index is 1170. The van der Waals surface area contributed by atoms with Crippen LogP contribution in [0.5, 0.6) is 11.5 Å². The number of benzene rings is 2. The quantitative estimate of drug-likeness (QED) is 0.627. The van der Waals surface area contributed by atoms with Crippen LogP contribution in [0.15, 0.2) is 41.2 Å². The number of imidazole rings is 1. The smallest absolute Gasteiger partial charge is 0.416 e. The Morgan fingerprint density at radius 3 is 2.28 bits per heavy atom. The first-order valence-corrected chi connectivity index (χ1v) is 10.4. The molecule has 0 unspecified atom stereocenters. The molecule has 1 fully saturated rings. The molecule has 1 saturated carbocycles. The van der Waals surface area contributed by atoms with Crippen molar-refractivity contribution >= 4 is 11.0 Å². The number of hydrogen-bond donors (Lipinski definition) is 1. The van der Waals surface area contributed by atoms with Gasteiger partial charge in [-0.25, -0.2) is 4.79 Å². The highest BCUT2D eigenvalue weighted by molar-refractivity contribution is 5.77. The number of hydrogen-bond acceptors (Lipinski definition) is 4. The van der Waals surface area contributed by atoms with Gasteiger partial charge in [0, 0.05) is 6.04 Å². The minimum atomic E-state index is -4.52. The van der Waals surface area contributed by atoms with E-state index in [9.17, 15) is 23.1 Å². The van der Waals surface area contributed by atoms with E-state index in [4.69, 9.17) is 9.47 Å². The zero-order valence-electron chi connectivity index (χ0n) is 17.9. The van der Waals surface area contributed by atoms with Gasteiger partial charge in [0.1, 0.15) is 0 Å². The van der Waals surface area contributed by atoms with Crippen LogP contribution in [0, 0.1) is 0 Å². The molecule has 0 amide bonds. The highest BCUT2D eigenvalue weighted by Gasteiger charge is 2.32. The largest absolute Gasteiger partial charge is 0.493 e. The van der Waals surface area contributed by atoms with E-state index in [0.29, 0.717) is 48.3 Å². The topological polar surface area (TPSA) is 65.6 Å². The minimum absolute atomic E-state index is 0.0827. The molecule has 4 rings (SSSR count). The summed E-state index contributed by atoms with van der Waals surface area (Å²) in [6.07, 6.45) is -2.62. The van der Waals surface area contributed by atoms with E-state index in [1.54, 1.807) is 22.8 Å². The third-order valence-corrected chi connectivity index (χ3v) is 6.11. The van der Waals surface area contributed by atoms with Gasteiger partial charge in [-0.2, -0.15) is 13.2 Å². The van der Waals surface area contributed by atoms with Crippen molar-refractivity contribution in [2.75, 3.05) is 14.2 Å². The number of aliphatic hydroxyl groups excluding tert-OH is 1. The summed E-state index contributed by atoms with van der Waals surface area (Å²) in [7, 11) is 3.00. The normalized spacial score (nSPS) is 19.3. The summed E-state index contributed by atoms with van der Waals surface area (Å²) in [6, 6.07) is 8.40. The van der Waals surface area contributed by atoms with Crippen LogP contribution in [0.4, 0.5) is 13.2 Å². The number of halogens is 3. The fourth-order valence-corrected chi connectivity index (χ4v) is 4.44. The highest BCUT2D eigenvalue weighted by Crippen LogP contribution is 2.35. The molecule has 0 atom stereocenters. The molecule has 2 aromatic carbocycles. The van der Waals surface area contributed by atoms with E-state index in [1.165, 1.54) is 24.9 Å². The van der Waals surface area contributed by atoms with E-state index in [0.717, 1.165) is 12.1 Å². The van der Waals surface area contributed by atoms with Gasteiger partial charge in [0.05, 0.1) is 43.5 Å². The number of alkyl halides is 3. The molecule has 0 radical (unpaired) electrons. The van der Waals surface area contributed by atoms with E-state index in [2.05, 4.69) is 0 Å². The van der Waals surface area contributed by atoms with Gasteiger partial charge in [-0.3, -0.25) is 9.13 Å². The zero-order valence-corrected chi connectivity index (χ0v) is 17.9. The summed E-state index contributed by atoms with van der Waals surface area (Å²) >= 11 is 0. The third kappa shape index (κ3) is 4.09. The summed E-state index contributed by atoms with van der Waals surface area (Å²) in [5.74, 6) is 0.991. The Balaban J connectivity index is 1.85. The summed E-state index contributed by atoms with van der Waals surface area (Å²) in [5.41, 5.74) is 0.216. The second-order valence-corrected chi connectivity index (χ2v) is 8.09. The number of nitrogens with zero attached hydrogens (tertiary/aromatic N) is 2. The van der Waals surface area contributed by atoms with Crippen molar-refractivity contribution in [1.29, 1.82) is 0 Å². The van der Waals surface area contributed by atoms with Crippen molar-refractivity contribution in [1.82, 2.24) is 9.13 Å². The summed E-state index contributed by atoms with van der Waals surface area (Å²) in [6.45, 7) is 0.0827. The molecule has 1 aliphatic carbocycles. The van der Waals surface area contributed by atoms with Gasteiger partial charge < -0.3 is 14.6 Å². The average Bonchev–Trinajstić information content (AvgIpc) is 3.04. The van der Waals surface area contributed by atoms with Crippen molar-refractivity contribution in [2.45, 2.75) is 50.6 Å². The summed E-state index contributed by atoms with van der Waals surface area (Å²) in [5, 5.41) is 9.83. The zero-order chi connectivity index (χ0) is 23.0. The SMILES string of the molecule is COc1ccc(Cn2c(=O)n([C@H]3CC[C@H](O)CC3)c3ccc(C(F)(F)F)cc32)cc1OC. The first kappa shape index (κ1) is 22.3. The maximum atomic E-state index is 13.4. The average molecular weight is 450 g/mol. The predicted octanol–water partition coefficient (Wildman–Crippen LogP) is 4.36. The van der Waals surface area contributed by atoms with E-state index >= 15 is 0 Å². The van der Waals surface area contributed by atoms with Crippen LogP contribution in [-0.2, 0) is 12.7 Å². The number of fused-ring (bicyclic) bond motifs is 1. The van der Waals surface area contributed by atoms with E-state index in [1.807, 2.05) is 0 Å². The van der Waals surface area contributed by atoms with Crippen LogP contribution < -0.4 is 15.2 Å². The van der Waals surface area contributed by atoms with Gasteiger partial charge in [-0.15, -0.1) is 0 Å². The Hall–Kier alpha value is -2.94. The lowest BCUT2D eigenvalue weighted by Crippen LogP contribution is -2.31. The van der Waals surface area contributed by atoms with Crippen LogP contribution in [0.2, 0.25) is 0 Å². The molecule has 0 aliphatic heterocycles. The van der Waals surface area contributed by atoms with E-state index in [-0.39, 0.29) is 23.8 Å². The van der Waals surface area contributed by atoms with Crippen LogP contribution in [-0.4, -0.2) is 34.6 Å². The molecule has 1 N–H and O–H groups in total. The maximum Gasteiger partial charge on any atom is 0.416 e. The second kappa shape index (κ2) is 8.54. The van der Waals surface area contributed by atoms with Crippen molar-refractivity contribution < 1.29 is 27.8 Å².